The molecule has 0 fully saturated rings. The van der Waals surface area contributed by atoms with Gasteiger partial charge < -0.3 is 20.9 Å². The van der Waals surface area contributed by atoms with Crippen LogP contribution in [-0.2, 0) is 19.1 Å². The largest absolute Gasteiger partial charge is 0.480 e. The number of ether oxygens (including phenoxy) is 1. The monoisotopic (exact) mass is 679 g/mol. The first-order chi connectivity index (χ1) is 23.4. The number of nitrogens with two attached hydrogens (primary N) is 1. The quantitative estimate of drug-likeness (QED) is 0.0342. The van der Waals surface area contributed by atoms with Crippen LogP contribution >= 0.6 is 0 Å². The fraction of sp³-hybridized carbons (Fsp3) is 0.878. The van der Waals surface area contributed by atoms with Crippen LogP contribution in [0, 0.1) is 0 Å². The predicted molar refractivity (Wildman–Crippen MR) is 202 cm³/mol. The fourth-order valence-corrected chi connectivity index (χ4v) is 6.21. The first-order valence-corrected chi connectivity index (χ1v) is 20.5. The molecule has 2 atom stereocenters. The van der Waals surface area contributed by atoms with Crippen LogP contribution in [0.2, 0.25) is 0 Å². The van der Waals surface area contributed by atoms with E-state index in [9.17, 15) is 19.5 Å². The lowest BCUT2D eigenvalue weighted by Gasteiger charge is -2.18. The number of amides is 1. The second-order valence-corrected chi connectivity index (χ2v) is 14.1. The molecule has 1 amide bonds. The SMILES string of the molecule is CCCCCCC/C=C\CCCCCCCC(=O)OC(CCCCCCCCCC)CCCCCCCC(=O)NC(CCCN)C(=O)O. The molecule has 0 aliphatic carbocycles. The Morgan fingerprint density at radius 3 is 1.50 bits per heavy atom. The third-order valence-electron chi connectivity index (χ3n) is 9.33. The van der Waals surface area contributed by atoms with Gasteiger partial charge in [0.1, 0.15) is 12.1 Å². The van der Waals surface area contributed by atoms with Crippen LogP contribution in [0.5, 0.6) is 0 Å². The van der Waals surface area contributed by atoms with Crippen molar-refractivity contribution < 1.29 is 24.2 Å². The summed E-state index contributed by atoms with van der Waals surface area (Å²) in [4.78, 5) is 36.2. The number of rotatable bonds is 37. The van der Waals surface area contributed by atoms with Crippen LogP contribution in [0.4, 0.5) is 0 Å². The maximum Gasteiger partial charge on any atom is 0.326 e. The number of nitrogens with one attached hydrogen (secondary N) is 1. The normalized spacial score (nSPS) is 12.7. The molecule has 7 heteroatoms. The van der Waals surface area contributed by atoms with E-state index in [0.29, 0.717) is 32.2 Å². The van der Waals surface area contributed by atoms with Crippen molar-refractivity contribution >= 4 is 17.8 Å². The van der Waals surface area contributed by atoms with Gasteiger partial charge in [0.25, 0.3) is 0 Å². The van der Waals surface area contributed by atoms with E-state index in [-0.39, 0.29) is 18.0 Å². The molecular weight excluding hydrogens is 600 g/mol. The Balaban J connectivity index is 4.23. The highest BCUT2D eigenvalue weighted by Gasteiger charge is 2.19. The molecule has 0 aromatic heterocycles. The van der Waals surface area contributed by atoms with Crippen molar-refractivity contribution in [1.82, 2.24) is 5.32 Å². The molecule has 4 N–H and O–H groups in total. The first kappa shape index (κ1) is 46.1. The highest BCUT2D eigenvalue weighted by Crippen LogP contribution is 2.19. The van der Waals surface area contributed by atoms with E-state index in [0.717, 1.165) is 64.2 Å². The van der Waals surface area contributed by atoms with Gasteiger partial charge in [0.15, 0.2) is 0 Å². The lowest BCUT2D eigenvalue weighted by atomic mass is 10.0. The predicted octanol–water partition coefficient (Wildman–Crippen LogP) is 11.1. The van der Waals surface area contributed by atoms with E-state index >= 15 is 0 Å². The Hall–Kier alpha value is -1.89. The molecule has 282 valence electrons. The molecule has 2 unspecified atom stereocenters. The molecule has 7 nitrogen and oxygen atoms in total. The van der Waals surface area contributed by atoms with Gasteiger partial charge >= 0.3 is 11.9 Å². The molecule has 0 rings (SSSR count). The van der Waals surface area contributed by atoms with Gasteiger partial charge in [0, 0.05) is 12.8 Å². The van der Waals surface area contributed by atoms with Crippen molar-refractivity contribution in [1.29, 1.82) is 0 Å². The first-order valence-electron chi connectivity index (χ1n) is 20.5. The van der Waals surface area contributed by atoms with Gasteiger partial charge in [0.2, 0.25) is 5.91 Å². The summed E-state index contributed by atoms with van der Waals surface area (Å²) in [5.74, 6) is -1.23. The van der Waals surface area contributed by atoms with Crippen molar-refractivity contribution in [2.45, 2.75) is 225 Å². The van der Waals surface area contributed by atoms with Crippen LogP contribution in [0.15, 0.2) is 12.2 Å². The van der Waals surface area contributed by atoms with E-state index in [1.54, 1.807) is 0 Å². The van der Waals surface area contributed by atoms with Crippen molar-refractivity contribution in [2.75, 3.05) is 6.54 Å². The summed E-state index contributed by atoms with van der Waals surface area (Å²) in [7, 11) is 0. The zero-order chi connectivity index (χ0) is 35.3. The number of aliphatic carboxylic acids is 1. The summed E-state index contributed by atoms with van der Waals surface area (Å²) < 4.78 is 6.01. The lowest BCUT2D eigenvalue weighted by molar-refractivity contribution is -0.150. The number of carbonyl (C=O) groups is 3. The summed E-state index contributed by atoms with van der Waals surface area (Å²) in [5, 5.41) is 11.9. The van der Waals surface area contributed by atoms with Crippen LogP contribution < -0.4 is 11.1 Å². The van der Waals surface area contributed by atoms with E-state index < -0.39 is 12.0 Å². The molecule has 0 saturated heterocycles. The van der Waals surface area contributed by atoms with Crippen molar-refractivity contribution in [3.63, 3.8) is 0 Å². The van der Waals surface area contributed by atoms with Crippen LogP contribution in [-0.4, -0.2) is 41.6 Å². The van der Waals surface area contributed by atoms with E-state index in [2.05, 4.69) is 31.3 Å². The Bertz CT molecular complexity index is 772. The molecule has 0 bridgehead atoms. The molecule has 0 saturated carbocycles. The molecule has 0 aliphatic rings. The van der Waals surface area contributed by atoms with Gasteiger partial charge in [-0.3, -0.25) is 9.59 Å². The number of hydrogen-bond donors (Lipinski definition) is 3. The molecule has 0 aliphatic heterocycles. The number of carboxylic acid groups (broad SMARTS) is 1. The Kier molecular flexibility index (Phi) is 35.0. The average molecular weight is 679 g/mol. The van der Waals surface area contributed by atoms with E-state index in [1.165, 1.54) is 109 Å². The summed E-state index contributed by atoms with van der Waals surface area (Å²) in [5.41, 5.74) is 5.47. The minimum atomic E-state index is -1.00. The smallest absolute Gasteiger partial charge is 0.326 e. The lowest BCUT2D eigenvalue weighted by Crippen LogP contribution is -2.40. The summed E-state index contributed by atoms with van der Waals surface area (Å²) in [6.45, 7) is 4.93. The Morgan fingerprint density at radius 2 is 1.02 bits per heavy atom. The zero-order valence-corrected chi connectivity index (χ0v) is 31.6. The zero-order valence-electron chi connectivity index (χ0n) is 31.6. The van der Waals surface area contributed by atoms with E-state index in [1.807, 2.05) is 0 Å². The summed E-state index contributed by atoms with van der Waals surface area (Å²) in [6.07, 6.45) is 38.2. The number of hydrogen-bond acceptors (Lipinski definition) is 5. The number of unbranched alkanes of at least 4 members (excludes halogenated alkanes) is 21. The topological polar surface area (TPSA) is 119 Å². The van der Waals surface area contributed by atoms with Crippen LogP contribution in [0.3, 0.4) is 0 Å². The van der Waals surface area contributed by atoms with Gasteiger partial charge in [-0.05, 0) is 83.6 Å². The maximum atomic E-state index is 12.7. The second-order valence-electron chi connectivity index (χ2n) is 14.1. The molecule has 0 spiro atoms. The molecule has 0 heterocycles. The average Bonchev–Trinajstić information content (AvgIpc) is 3.07. The molecule has 0 aromatic carbocycles. The third kappa shape index (κ3) is 32.6. The Morgan fingerprint density at radius 1 is 0.583 bits per heavy atom. The van der Waals surface area contributed by atoms with Crippen molar-refractivity contribution in [3.05, 3.63) is 12.2 Å². The van der Waals surface area contributed by atoms with E-state index in [4.69, 9.17) is 10.5 Å². The molecule has 0 radical (unpaired) electrons. The standard InChI is InChI=1S/C41H78N2O5/c1-3-5-7-9-11-13-14-15-16-17-18-20-25-29-35-40(45)48-37(31-26-22-19-12-10-8-6-4-2)32-27-23-21-24-28-34-39(44)43-38(41(46)47)33-30-36-42/h14-15,37-38H,3-13,16-36,42H2,1-2H3,(H,43,44)(H,46,47)/b15-14-. The number of allylic oxidation sites excluding steroid dienone is 2. The van der Waals surface area contributed by atoms with Crippen LogP contribution in [0.1, 0.15) is 213 Å². The Labute approximate surface area is 296 Å². The summed E-state index contributed by atoms with van der Waals surface area (Å²) >= 11 is 0. The number of esters is 1. The fourth-order valence-electron chi connectivity index (χ4n) is 6.21. The van der Waals surface area contributed by atoms with Crippen molar-refractivity contribution in [3.8, 4) is 0 Å². The second kappa shape index (κ2) is 36.4. The van der Waals surface area contributed by atoms with Crippen LogP contribution in [0.25, 0.3) is 0 Å². The third-order valence-corrected chi connectivity index (χ3v) is 9.33. The van der Waals surface area contributed by atoms with Crippen molar-refractivity contribution in [2.24, 2.45) is 5.73 Å². The number of carboxylic acids is 1. The van der Waals surface area contributed by atoms with Gasteiger partial charge in [-0.15, -0.1) is 0 Å². The minimum absolute atomic E-state index is 0.0169. The number of carbonyl (C=O) groups excluding carboxylic acids is 2. The summed E-state index contributed by atoms with van der Waals surface area (Å²) in [6, 6.07) is -0.853. The molecular formula is C41H78N2O5. The van der Waals surface area contributed by atoms with Gasteiger partial charge in [0.05, 0.1) is 0 Å². The molecule has 0 aromatic rings. The molecule has 48 heavy (non-hydrogen) atoms. The highest BCUT2D eigenvalue weighted by atomic mass is 16.5. The highest BCUT2D eigenvalue weighted by molar-refractivity contribution is 5.83. The van der Waals surface area contributed by atoms with Gasteiger partial charge in [-0.1, -0.05) is 135 Å². The van der Waals surface area contributed by atoms with Gasteiger partial charge in [-0.2, -0.15) is 0 Å². The maximum absolute atomic E-state index is 12.7. The minimum Gasteiger partial charge on any atom is -0.480 e. The van der Waals surface area contributed by atoms with Gasteiger partial charge in [-0.25, -0.2) is 4.79 Å².